The predicted octanol–water partition coefficient (Wildman–Crippen LogP) is -0.363. The van der Waals surface area contributed by atoms with Crippen LogP contribution in [0.2, 0.25) is 0 Å². The molecule has 1 aliphatic heterocycles. The number of nitrogens with zero attached hydrogens (tertiary/aromatic N) is 5. The van der Waals surface area contributed by atoms with Gasteiger partial charge in [-0.1, -0.05) is 24.6 Å². The topological polar surface area (TPSA) is 169 Å². The van der Waals surface area contributed by atoms with E-state index in [9.17, 15) is 18.6 Å². The lowest BCUT2D eigenvalue weighted by Gasteiger charge is -2.25. The van der Waals surface area contributed by atoms with Crippen LogP contribution in [0.4, 0.5) is 5.82 Å². The van der Waals surface area contributed by atoms with Crippen molar-refractivity contribution in [2.24, 2.45) is 0 Å². The predicted molar refractivity (Wildman–Crippen MR) is 124 cm³/mol. The van der Waals surface area contributed by atoms with Gasteiger partial charge in [0.1, 0.15) is 30.2 Å². The summed E-state index contributed by atoms with van der Waals surface area (Å²) in [6.07, 6.45) is -1.24. The van der Waals surface area contributed by atoms with Gasteiger partial charge in [0.15, 0.2) is 17.7 Å². The summed E-state index contributed by atoms with van der Waals surface area (Å²) >= 11 is 0. The SMILES string of the molecule is CCN(CCNS(=O)(=O)c1ccc(C)cc1)C[C@H]1O[C@@H](n2cnc3c(N)ncnc32)[C@H](O)[C@@H]1O. The van der Waals surface area contributed by atoms with E-state index < -0.39 is 34.6 Å². The smallest absolute Gasteiger partial charge is 0.240 e. The Morgan fingerprint density at radius 2 is 1.91 bits per heavy atom. The van der Waals surface area contributed by atoms with Gasteiger partial charge in [-0.15, -0.1) is 0 Å². The van der Waals surface area contributed by atoms with Crippen molar-refractivity contribution in [2.75, 3.05) is 31.9 Å². The Balaban J connectivity index is 1.38. The maximum absolute atomic E-state index is 12.5. The van der Waals surface area contributed by atoms with Crippen molar-refractivity contribution in [2.45, 2.75) is 43.3 Å². The lowest BCUT2D eigenvalue weighted by molar-refractivity contribution is -0.0435. The van der Waals surface area contributed by atoms with Crippen molar-refractivity contribution >= 4 is 27.0 Å². The summed E-state index contributed by atoms with van der Waals surface area (Å²) in [6, 6.07) is 6.63. The largest absolute Gasteiger partial charge is 0.387 e. The highest BCUT2D eigenvalue weighted by molar-refractivity contribution is 7.89. The number of anilines is 1. The van der Waals surface area contributed by atoms with Gasteiger partial charge in [-0.3, -0.25) is 9.47 Å². The number of aliphatic hydroxyl groups is 2. The lowest BCUT2D eigenvalue weighted by Crippen LogP contribution is -2.42. The Bertz CT molecular complexity index is 1230. The van der Waals surface area contributed by atoms with Crippen LogP contribution in [0.3, 0.4) is 0 Å². The van der Waals surface area contributed by atoms with E-state index in [0.717, 1.165) is 5.56 Å². The minimum Gasteiger partial charge on any atom is -0.387 e. The van der Waals surface area contributed by atoms with Gasteiger partial charge in [-0.2, -0.15) is 0 Å². The normalized spacial score (nSPS) is 23.2. The van der Waals surface area contributed by atoms with Crippen molar-refractivity contribution in [3.63, 3.8) is 0 Å². The van der Waals surface area contributed by atoms with Crippen molar-refractivity contribution in [1.82, 2.24) is 29.1 Å². The molecule has 1 aliphatic rings. The Labute approximate surface area is 197 Å². The van der Waals surface area contributed by atoms with Gasteiger partial charge in [0.05, 0.1) is 11.2 Å². The third-order valence-electron chi connectivity index (χ3n) is 5.94. The fourth-order valence-electron chi connectivity index (χ4n) is 3.94. The molecule has 1 fully saturated rings. The Morgan fingerprint density at radius 1 is 1.18 bits per heavy atom. The first kappa shape index (κ1) is 24.4. The molecule has 4 rings (SSSR count). The summed E-state index contributed by atoms with van der Waals surface area (Å²) in [7, 11) is -3.62. The molecular weight excluding hydrogens is 462 g/mol. The van der Waals surface area contributed by atoms with E-state index >= 15 is 0 Å². The number of hydrogen-bond donors (Lipinski definition) is 4. The first-order valence-corrected chi connectivity index (χ1v) is 12.4. The number of aromatic nitrogens is 4. The molecule has 0 unspecified atom stereocenters. The molecule has 2 aromatic heterocycles. The number of imidazole rings is 1. The van der Waals surface area contributed by atoms with Crippen LogP contribution in [0.5, 0.6) is 0 Å². The number of sulfonamides is 1. The van der Waals surface area contributed by atoms with Crippen molar-refractivity contribution < 1.29 is 23.4 Å². The molecule has 5 N–H and O–H groups in total. The molecule has 3 aromatic rings. The van der Waals surface area contributed by atoms with E-state index in [-0.39, 0.29) is 17.3 Å². The monoisotopic (exact) mass is 491 g/mol. The number of benzene rings is 1. The Kier molecular flexibility index (Phi) is 7.12. The number of rotatable bonds is 9. The van der Waals surface area contributed by atoms with Crippen LogP contribution in [0.25, 0.3) is 11.2 Å². The number of aryl methyl sites for hydroxylation is 1. The zero-order valence-electron chi connectivity index (χ0n) is 18.9. The van der Waals surface area contributed by atoms with Crippen LogP contribution in [-0.2, 0) is 14.8 Å². The van der Waals surface area contributed by atoms with Gasteiger partial charge in [0.2, 0.25) is 10.0 Å². The Hall–Kier alpha value is -2.68. The van der Waals surface area contributed by atoms with E-state index in [4.69, 9.17) is 10.5 Å². The standard InChI is InChI=1S/C21H29N7O5S/c1-3-27(9-8-26-34(31,32)14-6-4-13(2)5-7-14)10-15-17(29)18(30)21(33-15)28-12-25-16-19(22)23-11-24-20(16)28/h4-7,11-12,15,17-18,21,26,29-30H,3,8-10H2,1-2H3,(H2,22,23,24)/t15-,17-,18-,21-/m1/s1. The molecule has 3 heterocycles. The first-order chi connectivity index (χ1) is 16.2. The molecule has 0 radical (unpaired) electrons. The van der Waals surface area contributed by atoms with E-state index in [1.54, 1.807) is 24.3 Å². The van der Waals surface area contributed by atoms with Gasteiger partial charge in [0, 0.05) is 19.6 Å². The quantitative estimate of drug-likeness (QED) is 0.310. The van der Waals surface area contributed by atoms with Crippen LogP contribution >= 0.6 is 0 Å². The number of likely N-dealkylation sites (N-methyl/N-ethyl adjacent to an activating group) is 1. The van der Waals surface area contributed by atoms with Gasteiger partial charge >= 0.3 is 0 Å². The molecule has 0 spiro atoms. The van der Waals surface area contributed by atoms with Gasteiger partial charge in [-0.25, -0.2) is 28.1 Å². The van der Waals surface area contributed by atoms with E-state index in [0.29, 0.717) is 30.8 Å². The minimum atomic E-state index is -3.62. The second kappa shape index (κ2) is 9.90. The first-order valence-electron chi connectivity index (χ1n) is 10.9. The minimum absolute atomic E-state index is 0.182. The molecule has 12 nitrogen and oxygen atoms in total. The number of aliphatic hydroxyl groups excluding tert-OH is 2. The summed E-state index contributed by atoms with van der Waals surface area (Å²) in [4.78, 5) is 14.4. The maximum Gasteiger partial charge on any atom is 0.240 e. The highest BCUT2D eigenvalue weighted by Gasteiger charge is 2.44. The molecule has 0 aliphatic carbocycles. The second-order valence-electron chi connectivity index (χ2n) is 8.23. The average Bonchev–Trinajstić information content (AvgIpc) is 3.36. The highest BCUT2D eigenvalue weighted by Crippen LogP contribution is 2.32. The molecule has 34 heavy (non-hydrogen) atoms. The Morgan fingerprint density at radius 3 is 2.62 bits per heavy atom. The number of ether oxygens (including phenoxy) is 1. The average molecular weight is 492 g/mol. The van der Waals surface area contributed by atoms with Crippen molar-refractivity contribution in [3.8, 4) is 0 Å². The third kappa shape index (κ3) is 4.89. The van der Waals surface area contributed by atoms with Crippen LogP contribution in [0, 0.1) is 6.92 Å². The molecule has 4 atom stereocenters. The number of nitrogen functional groups attached to an aromatic ring is 1. The van der Waals surface area contributed by atoms with Gasteiger partial charge in [-0.05, 0) is 25.6 Å². The fourth-order valence-corrected chi connectivity index (χ4v) is 4.96. The highest BCUT2D eigenvalue weighted by atomic mass is 32.2. The molecule has 0 amide bonds. The van der Waals surface area contributed by atoms with Crippen LogP contribution in [0.1, 0.15) is 18.7 Å². The van der Waals surface area contributed by atoms with E-state index in [1.807, 2.05) is 18.7 Å². The number of fused-ring (bicyclic) bond motifs is 1. The molecule has 1 saturated heterocycles. The van der Waals surface area contributed by atoms with Gasteiger partial charge in [0.25, 0.3) is 0 Å². The van der Waals surface area contributed by atoms with E-state index in [2.05, 4.69) is 19.7 Å². The van der Waals surface area contributed by atoms with Crippen molar-refractivity contribution in [3.05, 3.63) is 42.5 Å². The molecule has 184 valence electrons. The van der Waals surface area contributed by atoms with E-state index in [1.165, 1.54) is 17.2 Å². The molecular formula is C21H29N7O5S. The number of nitrogens with two attached hydrogens (primary N) is 1. The summed E-state index contributed by atoms with van der Waals surface area (Å²) in [5, 5.41) is 21.3. The third-order valence-corrected chi connectivity index (χ3v) is 7.41. The number of hydrogen-bond acceptors (Lipinski definition) is 10. The number of nitrogens with one attached hydrogen (secondary N) is 1. The van der Waals surface area contributed by atoms with Gasteiger partial charge < -0.3 is 20.7 Å². The van der Waals surface area contributed by atoms with Crippen molar-refractivity contribution in [1.29, 1.82) is 0 Å². The summed E-state index contributed by atoms with van der Waals surface area (Å²) in [5.74, 6) is 0.207. The lowest BCUT2D eigenvalue weighted by atomic mass is 10.1. The zero-order valence-corrected chi connectivity index (χ0v) is 19.8. The van der Waals surface area contributed by atoms with Crippen LogP contribution in [0.15, 0.2) is 41.8 Å². The summed E-state index contributed by atoms with van der Waals surface area (Å²) < 4.78 is 35.1. The fraction of sp³-hybridized carbons (Fsp3) is 0.476. The summed E-state index contributed by atoms with van der Waals surface area (Å²) in [5.41, 5.74) is 7.58. The molecule has 13 heteroatoms. The molecule has 0 saturated carbocycles. The molecule has 1 aromatic carbocycles. The zero-order chi connectivity index (χ0) is 24.5. The van der Waals surface area contributed by atoms with Crippen LogP contribution in [-0.4, -0.2) is 87.5 Å². The second-order valence-corrected chi connectivity index (χ2v) is 10.0. The maximum atomic E-state index is 12.5. The molecule has 0 bridgehead atoms. The van der Waals surface area contributed by atoms with Crippen LogP contribution < -0.4 is 10.5 Å². The summed E-state index contributed by atoms with van der Waals surface area (Å²) in [6.45, 7) is 5.28.